The molecule has 0 unspecified atom stereocenters. The first-order chi connectivity index (χ1) is 14.2. The molecule has 0 amide bonds. The van der Waals surface area contributed by atoms with Crippen LogP contribution >= 0.6 is 12.2 Å². The van der Waals surface area contributed by atoms with Gasteiger partial charge in [0.15, 0.2) is 5.11 Å². The zero-order valence-corrected chi connectivity index (χ0v) is 17.5. The van der Waals surface area contributed by atoms with Gasteiger partial charge in [0.05, 0.1) is 7.11 Å². The molecule has 0 atom stereocenters. The third-order valence-corrected chi connectivity index (χ3v) is 5.59. The van der Waals surface area contributed by atoms with Crippen LogP contribution in [0.5, 0.6) is 5.75 Å². The predicted molar refractivity (Wildman–Crippen MR) is 123 cm³/mol. The average Bonchev–Trinajstić information content (AvgIpc) is 2.77. The summed E-state index contributed by atoms with van der Waals surface area (Å²) in [4.78, 5) is 6.95. The lowest BCUT2D eigenvalue weighted by molar-refractivity contribution is 0.251. The zero-order valence-electron chi connectivity index (χ0n) is 16.6. The van der Waals surface area contributed by atoms with E-state index < -0.39 is 0 Å². The lowest BCUT2D eigenvalue weighted by Gasteiger charge is -2.28. The maximum atomic E-state index is 5.49. The van der Waals surface area contributed by atoms with Crippen molar-refractivity contribution in [3.63, 3.8) is 0 Å². The van der Waals surface area contributed by atoms with Crippen molar-refractivity contribution in [2.45, 2.75) is 19.4 Å². The first kappa shape index (κ1) is 19.6. The van der Waals surface area contributed by atoms with Crippen molar-refractivity contribution in [3.05, 3.63) is 65.9 Å². The van der Waals surface area contributed by atoms with Gasteiger partial charge in [0.25, 0.3) is 0 Å². The molecule has 6 heteroatoms. The van der Waals surface area contributed by atoms with Crippen LogP contribution in [0.3, 0.4) is 0 Å². The van der Waals surface area contributed by atoms with E-state index in [1.165, 1.54) is 11.1 Å². The topological polar surface area (TPSA) is 49.4 Å². The van der Waals surface area contributed by atoms with E-state index in [-0.39, 0.29) is 0 Å². The quantitative estimate of drug-likeness (QED) is 0.477. The summed E-state index contributed by atoms with van der Waals surface area (Å²) < 4.78 is 5.40. The smallest absolute Gasteiger partial charge is 0.170 e. The third kappa shape index (κ3) is 4.66. The Morgan fingerprint density at radius 1 is 1.14 bits per heavy atom. The van der Waals surface area contributed by atoms with Gasteiger partial charge in [0.2, 0.25) is 0 Å². The molecule has 1 aliphatic rings. The van der Waals surface area contributed by atoms with E-state index in [0.29, 0.717) is 5.11 Å². The van der Waals surface area contributed by atoms with Gasteiger partial charge in [-0.05, 0) is 60.5 Å². The summed E-state index contributed by atoms with van der Waals surface area (Å²) in [6, 6.07) is 16.6. The van der Waals surface area contributed by atoms with Gasteiger partial charge in [0.1, 0.15) is 11.3 Å². The second-order valence-corrected chi connectivity index (χ2v) is 7.65. The highest BCUT2D eigenvalue weighted by atomic mass is 32.1. The van der Waals surface area contributed by atoms with Crippen LogP contribution in [-0.4, -0.2) is 41.7 Å². The summed E-state index contributed by atoms with van der Waals surface area (Å²) in [5.41, 5.74) is 4.71. The molecule has 0 saturated heterocycles. The predicted octanol–water partition coefficient (Wildman–Crippen LogP) is 3.98. The van der Waals surface area contributed by atoms with E-state index in [1.807, 2.05) is 24.3 Å². The number of methoxy groups -OCH3 is 1. The summed E-state index contributed by atoms with van der Waals surface area (Å²) in [7, 11) is 1.66. The van der Waals surface area contributed by atoms with Gasteiger partial charge >= 0.3 is 0 Å². The molecule has 0 bridgehead atoms. The highest BCUT2D eigenvalue weighted by Crippen LogP contribution is 2.29. The number of nitrogens with zero attached hydrogens (tertiary/aromatic N) is 2. The molecule has 0 radical (unpaired) electrons. The molecule has 2 heterocycles. The Morgan fingerprint density at radius 3 is 2.86 bits per heavy atom. The number of benzene rings is 2. The highest BCUT2D eigenvalue weighted by Gasteiger charge is 2.15. The van der Waals surface area contributed by atoms with Gasteiger partial charge in [0, 0.05) is 43.4 Å². The van der Waals surface area contributed by atoms with E-state index in [9.17, 15) is 0 Å². The molecule has 1 aliphatic heterocycles. The van der Waals surface area contributed by atoms with Crippen molar-refractivity contribution in [3.8, 4) is 5.75 Å². The van der Waals surface area contributed by atoms with Crippen molar-refractivity contribution in [2.75, 3.05) is 32.1 Å². The number of pyridine rings is 1. The normalized spacial score (nSPS) is 13.7. The third-order valence-electron chi connectivity index (χ3n) is 5.35. The van der Waals surface area contributed by atoms with Crippen molar-refractivity contribution >= 4 is 33.9 Å². The van der Waals surface area contributed by atoms with Gasteiger partial charge < -0.3 is 15.4 Å². The molecule has 2 N–H and O–H groups in total. The van der Waals surface area contributed by atoms with E-state index in [0.717, 1.165) is 61.4 Å². The molecule has 2 aromatic carbocycles. The summed E-state index contributed by atoms with van der Waals surface area (Å²) >= 11 is 5.49. The van der Waals surface area contributed by atoms with Crippen LogP contribution in [0.15, 0.2) is 54.7 Å². The van der Waals surface area contributed by atoms with Gasteiger partial charge in [-0.25, -0.2) is 0 Å². The number of hydrogen-bond donors (Lipinski definition) is 2. The van der Waals surface area contributed by atoms with Crippen LogP contribution in [0.4, 0.5) is 5.69 Å². The fraction of sp³-hybridized carbons (Fsp3) is 0.304. The van der Waals surface area contributed by atoms with Crippen LogP contribution in [0, 0.1) is 0 Å². The number of thiocarbonyl (C=S) groups is 1. The standard InChI is InChI=1S/C23H26N4OS/c1-28-21-10-9-20(19-8-4-12-24-22(19)21)26-23(29)25-13-5-14-27-15-11-17-6-2-3-7-18(17)16-27/h2-4,6-10,12H,5,11,13-16H2,1H3,(H2,25,26,29). The molecule has 5 nitrogen and oxygen atoms in total. The Bertz CT molecular complexity index is 1010. The van der Waals surface area contributed by atoms with E-state index in [4.69, 9.17) is 17.0 Å². The lowest BCUT2D eigenvalue weighted by Crippen LogP contribution is -2.34. The fourth-order valence-electron chi connectivity index (χ4n) is 3.84. The summed E-state index contributed by atoms with van der Waals surface area (Å²) in [5, 5.41) is 8.24. The Kier molecular flexibility index (Phi) is 6.22. The number of anilines is 1. The maximum Gasteiger partial charge on any atom is 0.170 e. The molecule has 1 aromatic heterocycles. The number of rotatable bonds is 6. The molecular formula is C23H26N4OS. The average molecular weight is 407 g/mol. The minimum atomic E-state index is 0.629. The van der Waals surface area contributed by atoms with Crippen LogP contribution < -0.4 is 15.4 Å². The minimum Gasteiger partial charge on any atom is -0.494 e. The highest BCUT2D eigenvalue weighted by molar-refractivity contribution is 7.80. The SMILES string of the molecule is COc1ccc(NC(=S)NCCCN2CCc3ccccc3C2)c2cccnc12. The first-order valence-corrected chi connectivity index (χ1v) is 10.4. The van der Waals surface area contributed by atoms with Crippen molar-refractivity contribution < 1.29 is 4.74 Å². The number of fused-ring (bicyclic) bond motifs is 2. The Hall–Kier alpha value is -2.70. The van der Waals surface area contributed by atoms with Gasteiger partial charge in [-0.15, -0.1) is 0 Å². The van der Waals surface area contributed by atoms with Crippen molar-refractivity contribution in [2.24, 2.45) is 0 Å². The van der Waals surface area contributed by atoms with Crippen molar-refractivity contribution in [1.82, 2.24) is 15.2 Å². The number of aromatic nitrogens is 1. The summed E-state index contributed by atoms with van der Waals surface area (Å²) in [6.07, 6.45) is 3.96. The summed E-state index contributed by atoms with van der Waals surface area (Å²) in [5.74, 6) is 0.758. The molecule has 0 aliphatic carbocycles. The second-order valence-electron chi connectivity index (χ2n) is 7.24. The van der Waals surface area contributed by atoms with Crippen LogP contribution in [0.25, 0.3) is 10.9 Å². The number of ether oxygens (including phenoxy) is 1. The number of nitrogens with one attached hydrogen (secondary N) is 2. The van der Waals surface area contributed by atoms with Gasteiger partial charge in [-0.2, -0.15) is 0 Å². The monoisotopic (exact) mass is 406 g/mol. The number of hydrogen-bond acceptors (Lipinski definition) is 4. The second kappa shape index (κ2) is 9.20. The van der Waals surface area contributed by atoms with Gasteiger partial charge in [-0.3, -0.25) is 9.88 Å². The Labute approximate surface area is 177 Å². The maximum absolute atomic E-state index is 5.49. The molecule has 0 fully saturated rings. The van der Waals surface area contributed by atoms with Crippen molar-refractivity contribution in [1.29, 1.82) is 0 Å². The van der Waals surface area contributed by atoms with Gasteiger partial charge in [-0.1, -0.05) is 24.3 Å². The van der Waals surface area contributed by atoms with E-state index >= 15 is 0 Å². The molecule has 29 heavy (non-hydrogen) atoms. The Balaban J connectivity index is 1.27. The zero-order chi connectivity index (χ0) is 20.1. The first-order valence-electron chi connectivity index (χ1n) is 10.0. The van der Waals surface area contributed by atoms with Crippen LogP contribution in [0.1, 0.15) is 17.5 Å². The molecular weight excluding hydrogens is 380 g/mol. The van der Waals surface area contributed by atoms with Crippen LogP contribution in [0.2, 0.25) is 0 Å². The molecule has 0 spiro atoms. The fourth-order valence-corrected chi connectivity index (χ4v) is 4.05. The minimum absolute atomic E-state index is 0.629. The van der Waals surface area contributed by atoms with E-state index in [1.54, 1.807) is 13.3 Å². The molecule has 3 aromatic rings. The molecule has 0 saturated carbocycles. The summed E-state index contributed by atoms with van der Waals surface area (Å²) in [6.45, 7) is 4.09. The Morgan fingerprint density at radius 2 is 2.00 bits per heavy atom. The molecule has 4 rings (SSSR count). The molecule has 150 valence electrons. The van der Waals surface area contributed by atoms with E-state index in [2.05, 4.69) is 44.8 Å². The lowest BCUT2D eigenvalue weighted by atomic mass is 10.00. The van der Waals surface area contributed by atoms with Crippen LogP contribution in [-0.2, 0) is 13.0 Å². The largest absolute Gasteiger partial charge is 0.494 e.